The Morgan fingerprint density at radius 1 is 1.13 bits per heavy atom. The van der Waals surface area contributed by atoms with Crippen molar-refractivity contribution in [1.29, 1.82) is 0 Å². The molecule has 0 radical (unpaired) electrons. The highest BCUT2D eigenvalue weighted by atomic mass is 16.5. The topological polar surface area (TPSA) is 101 Å². The number of aliphatic carboxylic acids is 1. The van der Waals surface area contributed by atoms with Crippen molar-refractivity contribution < 1.29 is 19.4 Å². The molecule has 1 aromatic carbocycles. The molecule has 2 aromatic rings. The highest BCUT2D eigenvalue weighted by Gasteiger charge is 2.20. The van der Waals surface area contributed by atoms with Crippen molar-refractivity contribution in [2.45, 2.75) is 51.5 Å². The van der Waals surface area contributed by atoms with Gasteiger partial charge in [0, 0.05) is 32.0 Å². The van der Waals surface area contributed by atoms with E-state index in [1.54, 1.807) is 0 Å². The molecule has 1 aromatic heterocycles. The van der Waals surface area contributed by atoms with Crippen molar-refractivity contribution in [1.82, 2.24) is 10.3 Å². The first-order valence-electron chi connectivity index (χ1n) is 10.4. The lowest BCUT2D eigenvalue weighted by atomic mass is 10.1. The summed E-state index contributed by atoms with van der Waals surface area (Å²) in [6.07, 6.45) is 4.02. The van der Waals surface area contributed by atoms with Gasteiger partial charge in [-0.1, -0.05) is 38.0 Å². The van der Waals surface area contributed by atoms with E-state index >= 15 is 0 Å². The van der Waals surface area contributed by atoms with E-state index < -0.39 is 12.0 Å². The Kier molecular flexibility index (Phi) is 9.64. The summed E-state index contributed by atoms with van der Waals surface area (Å²) in [5, 5.41) is 15.0. The number of nitrogens with one attached hydrogen (secondary N) is 2. The molecule has 0 saturated carbocycles. The summed E-state index contributed by atoms with van der Waals surface area (Å²) in [4.78, 5) is 27.9. The van der Waals surface area contributed by atoms with Gasteiger partial charge in [0.2, 0.25) is 5.91 Å². The zero-order chi connectivity index (χ0) is 21.8. The van der Waals surface area contributed by atoms with Gasteiger partial charge >= 0.3 is 5.97 Å². The van der Waals surface area contributed by atoms with Crippen LogP contribution in [0.25, 0.3) is 0 Å². The maximum absolute atomic E-state index is 11.9. The molecule has 0 aliphatic rings. The first-order valence-corrected chi connectivity index (χ1v) is 10.4. The number of amides is 1. The molecule has 0 fully saturated rings. The van der Waals surface area contributed by atoms with Gasteiger partial charge in [0.05, 0.1) is 6.61 Å². The number of ether oxygens (including phenoxy) is 1. The molecule has 0 spiro atoms. The Hall–Kier alpha value is -3.09. The number of unbranched alkanes of at least 4 members (excludes halogenated alkanes) is 2. The van der Waals surface area contributed by atoms with Gasteiger partial charge in [0.1, 0.15) is 17.6 Å². The average Bonchev–Trinajstić information content (AvgIpc) is 2.74. The second kappa shape index (κ2) is 12.5. The number of pyridine rings is 1. The first-order chi connectivity index (χ1) is 14.5. The van der Waals surface area contributed by atoms with Crippen LogP contribution in [-0.2, 0) is 22.4 Å². The zero-order valence-corrected chi connectivity index (χ0v) is 17.7. The molecule has 0 saturated heterocycles. The summed E-state index contributed by atoms with van der Waals surface area (Å²) in [6.45, 7) is 2.55. The van der Waals surface area contributed by atoms with Crippen LogP contribution in [0.3, 0.4) is 0 Å². The van der Waals surface area contributed by atoms with Crippen LogP contribution < -0.4 is 15.4 Å². The van der Waals surface area contributed by atoms with Gasteiger partial charge in [-0.05, 0) is 36.2 Å². The molecular formula is C23H31N3O4. The fraction of sp³-hybridized carbons (Fsp3) is 0.435. The molecular weight excluding hydrogens is 382 g/mol. The molecule has 30 heavy (non-hydrogen) atoms. The Bertz CT molecular complexity index is 808. The van der Waals surface area contributed by atoms with Crippen LogP contribution in [0.4, 0.5) is 5.82 Å². The van der Waals surface area contributed by atoms with Crippen LogP contribution in [0.15, 0.2) is 42.5 Å². The number of carbonyl (C=O) groups is 2. The number of benzene rings is 1. The summed E-state index contributed by atoms with van der Waals surface area (Å²) in [6, 6.07) is 12.2. The van der Waals surface area contributed by atoms with E-state index in [2.05, 4.69) is 22.5 Å². The van der Waals surface area contributed by atoms with Gasteiger partial charge in [0.15, 0.2) is 0 Å². The van der Waals surface area contributed by atoms with Crippen LogP contribution in [0.5, 0.6) is 5.75 Å². The summed E-state index contributed by atoms with van der Waals surface area (Å²) in [5.74, 6) is 0.281. The number of carboxylic acids is 1. The van der Waals surface area contributed by atoms with Crippen molar-refractivity contribution in [3.8, 4) is 5.75 Å². The third-order valence-corrected chi connectivity index (χ3v) is 4.69. The molecule has 3 N–H and O–H groups in total. The number of anilines is 1. The maximum atomic E-state index is 11.9. The van der Waals surface area contributed by atoms with Gasteiger partial charge in [-0.2, -0.15) is 0 Å². The fourth-order valence-electron chi connectivity index (χ4n) is 2.99. The quantitative estimate of drug-likeness (QED) is 0.435. The highest BCUT2D eigenvalue weighted by molar-refractivity contribution is 5.83. The molecule has 7 heteroatoms. The largest absolute Gasteiger partial charge is 0.493 e. The van der Waals surface area contributed by atoms with Crippen LogP contribution >= 0.6 is 0 Å². The molecule has 1 amide bonds. The van der Waals surface area contributed by atoms with E-state index in [0.717, 1.165) is 36.3 Å². The van der Waals surface area contributed by atoms with Crippen molar-refractivity contribution in [3.63, 3.8) is 0 Å². The number of carbonyl (C=O) groups excluding carboxylic acids is 1. The minimum Gasteiger partial charge on any atom is -0.493 e. The highest BCUT2D eigenvalue weighted by Crippen LogP contribution is 2.15. The number of hydrogen-bond donors (Lipinski definition) is 3. The van der Waals surface area contributed by atoms with Crippen LogP contribution in [-0.4, -0.2) is 41.7 Å². The van der Waals surface area contributed by atoms with Crippen LogP contribution in [0, 0.1) is 0 Å². The minimum atomic E-state index is -1.03. The normalized spacial score (nSPS) is 11.5. The molecule has 0 bridgehead atoms. The Morgan fingerprint density at radius 3 is 2.57 bits per heavy atom. The third-order valence-electron chi connectivity index (χ3n) is 4.69. The van der Waals surface area contributed by atoms with E-state index in [1.165, 1.54) is 0 Å². The van der Waals surface area contributed by atoms with Crippen molar-refractivity contribution in [2.24, 2.45) is 0 Å². The van der Waals surface area contributed by atoms with Gasteiger partial charge in [-0.25, -0.2) is 9.78 Å². The molecule has 1 atom stereocenters. The minimum absolute atomic E-state index is 0.216. The van der Waals surface area contributed by atoms with E-state index in [1.807, 2.05) is 49.5 Å². The smallest absolute Gasteiger partial charge is 0.326 e. The van der Waals surface area contributed by atoms with Crippen molar-refractivity contribution in [3.05, 3.63) is 53.7 Å². The molecule has 0 aliphatic carbocycles. The summed E-state index contributed by atoms with van der Waals surface area (Å²) < 4.78 is 5.76. The zero-order valence-electron chi connectivity index (χ0n) is 17.7. The van der Waals surface area contributed by atoms with E-state index in [9.17, 15) is 14.7 Å². The summed E-state index contributed by atoms with van der Waals surface area (Å²) in [7, 11) is 1.83. The van der Waals surface area contributed by atoms with Gasteiger partial charge < -0.3 is 20.5 Å². The molecule has 0 unspecified atom stereocenters. The number of hydrogen-bond acceptors (Lipinski definition) is 5. The maximum Gasteiger partial charge on any atom is 0.326 e. The van der Waals surface area contributed by atoms with E-state index in [4.69, 9.17) is 4.74 Å². The van der Waals surface area contributed by atoms with Gasteiger partial charge in [0.25, 0.3) is 0 Å². The lowest BCUT2D eigenvalue weighted by Crippen LogP contribution is -2.42. The van der Waals surface area contributed by atoms with Crippen molar-refractivity contribution in [2.75, 3.05) is 19.0 Å². The van der Waals surface area contributed by atoms with Crippen LogP contribution in [0.2, 0.25) is 0 Å². The van der Waals surface area contributed by atoms with Gasteiger partial charge in [-0.15, -0.1) is 0 Å². The molecule has 1 heterocycles. The second-order valence-electron chi connectivity index (χ2n) is 7.13. The summed E-state index contributed by atoms with van der Waals surface area (Å²) in [5.41, 5.74) is 1.77. The Balaban J connectivity index is 1.82. The second-order valence-corrected chi connectivity index (χ2v) is 7.13. The SMILES string of the molecule is CCCCCC(=O)N[C@@H](Cc1ccc(OCCc2cccc(NC)n2)cc1)C(=O)O. The predicted octanol–water partition coefficient (Wildman–Crippen LogP) is 3.44. The Labute approximate surface area is 177 Å². The average molecular weight is 414 g/mol. The van der Waals surface area contributed by atoms with E-state index in [-0.39, 0.29) is 12.3 Å². The molecule has 7 nitrogen and oxygen atoms in total. The lowest BCUT2D eigenvalue weighted by molar-refractivity contribution is -0.141. The standard InChI is InChI=1S/C23H31N3O4/c1-3-4-5-9-22(27)26-20(23(28)29)16-17-10-12-19(13-11-17)30-15-14-18-7-6-8-21(24-2)25-18/h6-8,10-13,20H,3-5,9,14-16H2,1-2H3,(H,24,25)(H,26,27)(H,28,29)/t20-/m0/s1. The molecule has 162 valence electrons. The van der Waals surface area contributed by atoms with Crippen LogP contribution in [0.1, 0.15) is 43.9 Å². The summed E-state index contributed by atoms with van der Waals surface area (Å²) >= 11 is 0. The van der Waals surface area contributed by atoms with Gasteiger partial charge in [-0.3, -0.25) is 4.79 Å². The van der Waals surface area contributed by atoms with E-state index in [0.29, 0.717) is 25.2 Å². The molecule has 2 rings (SSSR count). The lowest BCUT2D eigenvalue weighted by Gasteiger charge is -2.15. The Morgan fingerprint density at radius 2 is 1.90 bits per heavy atom. The van der Waals surface area contributed by atoms with Crippen molar-refractivity contribution >= 4 is 17.7 Å². The molecule has 0 aliphatic heterocycles. The number of rotatable bonds is 13. The monoisotopic (exact) mass is 413 g/mol. The number of nitrogens with zero attached hydrogens (tertiary/aromatic N) is 1. The third kappa shape index (κ3) is 8.11. The predicted molar refractivity (Wildman–Crippen MR) is 117 cm³/mol. The number of carboxylic acid groups (broad SMARTS) is 1. The fourth-order valence-corrected chi connectivity index (χ4v) is 2.99. The first kappa shape index (κ1) is 23.2. The number of aromatic nitrogens is 1.